The van der Waals surface area contributed by atoms with Gasteiger partial charge in [0, 0.05) is 29.7 Å². The van der Waals surface area contributed by atoms with E-state index in [1.165, 1.54) is 122 Å². The highest BCUT2D eigenvalue weighted by molar-refractivity contribution is 7.80. The Morgan fingerprint density at radius 1 is 0.667 bits per heavy atom. The first-order chi connectivity index (χ1) is 30.7. The molecular formula is C50H81N4O7PS. The molecule has 13 heteroatoms. The van der Waals surface area contributed by atoms with Gasteiger partial charge in [-0.15, -0.1) is 0 Å². The van der Waals surface area contributed by atoms with Gasteiger partial charge in [-0.25, -0.2) is 0 Å². The number of benzene rings is 1. The Morgan fingerprint density at radius 2 is 1.14 bits per heavy atom. The molecule has 0 bridgehead atoms. The zero-order chi connectivity index (χ0) is 45.2. The van der Waals surface area contributed by atoms with E-state index in [9.17, 15) is 19.0 Å². The van der Waals surface area contributed by atoms with Crippen LogP contribution in [0.25, 0.3) is 21.8 Å². The maximum atomic E-state index is 13.3. The van der Waals surface area contributed by atoms with E-state index in [2.05, 4.69) is 34.4 Å². The van der Waals surface area contributed by atoms with E-state index in [0.29, 0.717) is 11.5 Å². The lowest BCUT2D eigenvalue weighted by molar-refractivity contribution is -0.154. The van der Waals surface area contributed by atoms with Crippen molar-refractivity contribution in [2.24, 2.45) is 5.92 Å². The maximum Gasteiger partial charge on any atom is 0.329 e. The predicted molar refractivity (Wildman–Crippen MR) is 263 cm³/mol. The number of esters is 2. The van der Waals surface area contributed by atoms with Crippen LogP contribution in [-0.2, 0) is 28.2 Å². The van der Waals surface area contributed by atoms with Crippen LogP contribution in [0.3, 0.4) is 0 Å². The standard InChI is InChI=1S/C50H81N4O7PS/c1-3-5-7-9-11-13-15-17-19-21-23-25-27-36-59-46(55)40-43(49(56)60-37-28-26-24-22-20-18-16-14-12-10-8-6-4-2)41-62(57,58)61-38-35-53-50(63)54-45-39-42-31-29-33-51-47(42)48-44(45)32-30-34-52-48/h29-34,39,43H,3-28,35-38,40-41H2,1-2H3,(H,57,58)(H2,53,54,63). The van der Waals surface area contributed by atoms with Gasteiger partial charge in [-0.2, -0.15) is 0 Å². The fourth-order valence-electron chi connectivity index (χ4n) is 7.93. The van der Waals surface area contributed by atoms with Crippen molar-refractivity contribution in [3.8, 4) is 0 Å². The number of nitrogens with one attached hydrogen (secondary N) is 2. The molecule has 354 valence electrons. The fraction of sp³-hybridized carbons (Fsp3) is 0.700. The third-order valence-electron chi connectivity index (χ3n) is 11.6. The molecule has 2 atom stereocenters. The molecule has 3 aromatic rings. The summed E-state index contributed by atoms with van der Waals surface area (Å²) in [6, 6.07) is 9.53. The monoisotopic (exact) mass is 913 g/mol. The number of hydrogen-bond acceptors (Lipinski definition) is 9. The van der Waals surface area contributed by atoms with Crippen LogP contribution in [0.5, 0.6) is 0 Å². The van der Waals surface area contributed by atoms with E-state index in [1.807, 2.05) is 30.3 Å². The molecule has 63 heavy (non-hydrogen) atoms. The summed E-state index contributed by atoms with van der Waals surface area (Å²) in [7, 11) is -4.31. The summed E-state index contributed by atoms with van der Waals surface area (Å²) in [6.45, 7) is 4.91. The van der Waals surface area contributed by atoms with E-state index in [0.717, 1.165) is 66.0 Å². The molecule has 0 aliphatic carbocycles. The SMILES string of the molecule is CCCCCCCCCCCCCCCOC(=O)CC(CP(=O)(O)OCCNC(=S)Nc1cc2cccnc2c2ncccc12)C(=O)OCCCCCCCCCCCCCCC. The summed E-state index contributed by atoms with van der Waals surface area (Å²) in [5.41, 5.74) is 2.27. The first-order valence-corrected chi connectivity index (χ1v) is 26.9. The number of pyridine rings is 2. The second-order valence-corrected chi connectivity index (χ2v) is 19.5. The molecule has 0 amide bonds. The normalized spacial score (nSPS) is 12.9. The summed E-state index contributed by atoms with van der Waals surface area (Å²) in [5, 5.41) is 8.25. The van der Waals surface area contributed by atoms with E-state index in [4.69, 9.17) is 26.2 Å². The molecule has 0 aliphatic heterocycles. The number of thiocarbonyl (C=S) groups is 1. The fourth-order valence-corrected chi connectivity index (χ4v) is 9.46. The maximum absolute atomic E-state index is 13.3. The summed E-state index contributed by atoms with van der Waals surface area (Å²) in [4.78, 5) is 46.1. The average Bonchev–Trinajstić information content (AvgIpc) is 3.27. The highest BCUT2D eigenvalue weighted by atomic mass is 32.1. The number of unbranched alkanes of at least 4 members (excludes halogenated alkanes) is 24. The van der Waals surface area contributed by atoms with Gasteiger partial charge in [0.2, 0.25) is 0 Å². The molecule has 1 aromatic carbocycles. The number of rotatable bonds is 38. The Hall–Kier alpha value is -3.18. The Bertz CT molecular complexity index is 1760. The Morgan fingerprint density at radius 3 is 1.68 bits per heavy atom. The second-order valence-electron chi connectivity index (χ2n) is 17.2. The van der Waals surface area contributed by atoms with Crippen molar-refractivity contribution in [2.75, 3.05) is 37.8 Å². The summed E-state index contributed by atoms with van der Waals surface area (Å²) >= 11 is 5.53. The van der Waals surface area contributed by atoms with Gasteiger partial charge >= 0.3 is 19.5 Å². The quantitative estimate of drug-likeness (QED) is 0.0165. The molecule has 3 rings (SSSR count). The largest absolute Gasteiger partial charge is 0.466 e. The van der Waals surface area contributed by atoms with Gasteiger partial charge in [-0.3, -0.25) is 24.1 Å². The van der Waals surface area contributed by atoms with Gasteiger partial charge in [0.1, 0.15) is 0 Å². The number of anilines is 1. The zero-order valence-corrected chi connectivity index (χ0v) is 40.6. The first-order valence-electron chi connectivity index (χ1n) is 24.7. The molecule has 2 aromatic heterocycles. The smallest absolute Gasteiger partial charge is 0.329 e. The third-order valence-corrected chi connectivity index (χ3v) is 13.3. The molecule has 0 saturated carbocycles. The van der Waals surface area contributed by atoms with Crippen LogP contribution in [0.2, 0.25) is 0 Å². The lowest BCUT2D eigenvalue weighted by Gasteiger charge is -2.19. The number of hydrogen-bond donors (Lipinski definition) is 3. The first kappa shape index (κ1) is 54.2. The number of ether oxygens (including phenoxy) is 2. The zero-order valence-electron chi connectivity index (χ0n) is 38.9. The number of nitrogens with zero attached hydrogens (tertiary/aromatic N) is 2. The van der Waals surface area contributed by atoms with Crippen molar-refractivity contribution in [1.29, 1.82) is 0 Å². The Balaban J connectivity index is 1.39. The Kier molecular flexibility index (Phi) is 29.4. The molecule has 3 N–H and O–H groups in total. The van der Waals surface area contributed by atoms with E-state index in [-0.39, 0.29) is 32.8 Å². The minimum absolute atomic E-state index is 0.122. The molecule has 2 heterocycles. The van der Waals surface area contributed by atoms with Crippen LogP contribution in [-0.4, -0.2) is 64.4 Å². The molecule has 2 unspecified atom stereocenters. The third kappa shape index (κ3) is 24.6. The molecule has 0 spiro atoms. The van der Waals surface area contributed by atoms with Gasteiger partial charge in [-0.1, -0.05) is 174 Å². The van der Waals surface area contributed by atoms with Crippen LogP contribution in [0, 0.1) is 5.92 Å². The average molecular weight is 913 g/mol. The molecule has 11 nitrogen and oxygen atoms in total. The summed E-state index contributed by atoms with van der Waals surface area (Å²) in [6.07, 6.45) is 34.0. The van der Waals surface area contributed by atoms with Crippen molar-refractivity contribution in [2.45, 2.75) is 187 Å². The molecule has 0 saturated heterocycles. The number of aromatic nitrogens is 2. The Labute approximate surface area is 384 Å². The van der Waals surface area contributed by atoms with Crippen molar-refractivity contribution >= 4 is 64.4 Å². The van der Waals surface area contributed by atoms with Crippen molar-refractivity contribution in [3.05, 3.63) is 42.7 Å². The van der Waals surface area contributed by atoms with Crippen LogP contribution in [0.1, 0.15) is 187 Å². The molecule has 0 fully saturated rings. The number of carbonyl (C=O) groups is 2. The lowest BCUT2D eigenvalue weighted by Crippen LogP contribution is -2.31. The lowest BCUT2D eigenvalue weighted by atomic mass is 10.0. The highest BCUT2D eigenvalue weighted by Gasteiger charge is 2.33. The topological polar surface area (TPSA) is 149 Å². The predicted octanol–water partition coefficient (Wildman–Crippen LogP) is 13.5. The molecule has 0 aliphatic rings. The van der Waals surface area contributed by atoms with Gasteiger partial charge in [0.05, 0.1) is 55.0 Å². The van der Waals surface area contributed by atoms with Crippen LogP contribution >= 0.6 is 19.8 Å². The van der Waals surface area contributed by atoms with Crippen molar-refractivity contribution in [3.63, 3.8) is 0 Å². The van der Waals surface area contributed by atoms with E-state index >= 15 is 0 Å². The van der Waals surface area contributed by atoms with Gasteiger partial charge < -0.3 is 29.5 Å². The van der Waals surface area contributed by atoms with Gasteiger partial charge in [0.25, 0.3) is 0 Å². The minimum Gasteiger partial charge on any atom is -0.466 e. The van der Waals surface area contributed by atoms with Crippen molar-refractivity contribution in [1.82, 2.24) is 15.3 Å². The summed E-state index contributed by atoms with van der Waals surface area (Å²) in [5.74, 6) is -2.43. The van der Waals surface area contributed by atoms with Crippen molar-refractivity contribution < 1.29 is 33.0 Å². The van der Waals surface area contributed by atoms with Crippen LogP contribution < -0.4 is 10.6 Å². The van der Waals surface area contributed by atoms with Crippen LogP contribution in [0.4, 0.5) is 5.69 Å². The highest BCUT2D eigenvalue weighted by Crippen LogP contribution is 2.44. The molecule has 0 radical (unpaired) electrons. The van der Waals surface area contributed by atoms with E-state index in [1.54, 1.807) is 12.4 Å². The molecular weight excluding hydrogens is 832 g/mol. The second kappa shape index (κ2) is 34.2. The summed E-state index contributed by atoms with van der Waals surface area (Å²) < 4.78 is 29.8. The minimum atomic E-state index is -4.31. The number of carbonyl (C=O) groups excluding carboxylic acids is 2. The van der Waals surface area contributed by atoms with Gasteiger partial charge in [0.15, 0.2) is 5.11 Å². The van der Waals surface area contributed by atoms with E-state index < -0.39 is 31.6 Å². The number of fused-ring (bicyclic) bond motifs is 3. The van der Waals surface area contributed by atoms with Gasteiger partial charge in [-0.05, 0) is 49.3 Å². The van der Waals surface area contributed by atoms with Crippen LogP contribution in [0.15, 0.2) is 42.7 Å².